The summed E-state index contributed by atoms with van der Waals surface area (Å²) in [4.78, 5) is 4.02. The molecule has 0 saturated carbocycles. The zero-order valence-electron chi connectivity index (χ0n) is 9.21. The summed E-state index contributed by atoms with van der Waals surface area (Å²) in [6.45, 7) is 4.97. The second-order valence-corrected chi connectivity index (χ2v) is 4.50. The Bertz CT molecular complexity index is 383. The van der Waals surface area contributed by atoms with Gasteiger partial charge >= 0.3 is 0 Å². The number of hydrogen-bond acceptors (Lipinski definition) is 5. The summed E-state index contributed by atoms with van der Waals surface area (Å²) in [5.41, 5.74) is 1.01. The van der Waals surface area contributed by atoms with E-state index in [0.29, 0.717) is 5.92 Å². The topological polar surface area (TPSA) is 55.6 Å². The van der Waals surface area contributed by atoms with Gasteiger partial charge in [0.2, 0.25) is 0 Å². The number of imidazole rings is 1. The van der Waals surface area contributed by atoms with Crippen LogP contribution in [0, 0.1) is 5.92 Å². The van der Waals surface area contributed by atoms with E-state index in [9.17, 15) is 0 Å². The molecule has 6 heteroatoms. The van der Waals surface area contributed by atoms with Gasteiger partial charge in [-0.1, -0.05) is 11.4 Å². The van der Waals surface area contributed by atoms with Crippen LogP contribution in [0.4, 0.5) is 0 Å². The van der Waals surface area contributed by atoms with Gasteiger partial charge in [-0.05, 0) is 24.0 Å². The van der Waals surface area contributed by atoms with Gasteiger partial charge in [-0.3, -0.25) is 0 Å². The lowest BCUT2D eigenvalue weighted by Crippen LogP contribution is -2.23. The molecule has 0 aromatic carbocycles. The Balaban J connectivity index is 1.66. The largest absolute Gasteiger partial charge is 0.337 e. The van der Waals surface area contributed by atoms with Gasteiger partial charge in [-0.2, -0.15) is 0 Å². The van der Waals surface area contributed by atoms with E-state index in [1.165, 1.54) is 11.5 Å². The Hall–Kier alpha value is -1.27. The molecule has 0 fully saturated rings. The van der Waals surface area contributed by atoms with Crippen molar-refractivity contribution in [1.82, 2.24) is 24.5 Å². The normalized spacial score (nSPS) is 12.8. The molecule has 0 amide bonds. The molecular weight excluding hydrogens is 222 g/mol. The number of nitrogens with zero attached hydrogens (tertiary/aromatic N) is 4. The molecule has 86 valence electrons. The van der Waals surface area contributed by atoms with E-state index in [1.807, 2.05) is 17.9 Å². The predicted octanol–water partition coefficient (Wildman–Crippen LogP) is 1.16. The fraction of sp³-hybridized carbons (Fsp3) is 0.500. The summed E-state index contributed by atoms with van der Waals surface area (Å²) in [5.74, 6) is 0.570. The van der Waals surface area contributed by atoms with Gasteiger partial charge in [-0.25, -0.2) is 4.98 Å². The Morgan fingerprint density at radius 3 is 3.19 bits per heavy atom. The van der Waals surface area contributed by atoms with E-state index >= 15 is 0 Å². The summed E-state index contributed by atoms with van der Waals surface area (Å²) in [5, 5.41) is 9.32. The Kier molecular flexibility index (Phi) is 4.01. The van der Waals surface area contributed by atoms with Gasteiger partial charge in [0.25, 0.3) is 0 Å². The van der Waals surface area contributed by atoms with E-state index in [4.69, 9.17) is 0 Å². The maximum Gasteiger partial charge on any atom is 0.0946 e. The zero-order chi connectivity index (χ0) is 11.2. The molecule has 0 spiro atoms. The number of aromatic nitrogens is 4. The van der Waals surface area contributed by atoms with Crippen LogP contribution in [-0.4, -0.2) is 25.7 Å². The standard InChI is InChI=1S/C10H15N5S/c1-9(6-15-3-2-11-8-15)4-12-5-10-7-16-14-13-10/h2-3,7-9,12H,4-6H2,1H3. The van der Waals surface area contributed by atoms with Gasteiger partial charge < -0.3 is 9.88 Å². The highest BCUT2D eigenvalue weighted by molar-refractivity contribution is 7.03. The maximum absolute atomic E-state index is 4.02. The first-order chi connectivity index (χ1) is 7.84. The Morgan fingerprint density at radius 2 is 2.50 bits per heavy atom. The molecule has 0 saturated heterocycles. The molecule has 1 atom stereocenters. The minimum Gasteiger partial charge on any atom is -0.337 e. The van der Waals surface area contributed by atoms with Crippen molar-refractivity contribution in [1.29, 1.82) is 0 Å². The fourth-order valence-corrected chi connectivity index (χ4v) is 1.98. The molecular formula is C10H15N5S. The molecule has 16 heavy (non-hydrogen) atoms. The van der Waals surface area contributed by atoms with Gasteiger partial charge in [0.05, 0.1) is 12.0 Å². The van der Waals surface area contributed by atoms with Crippen LogP contribution in [-0.2, 0) is 13.1 Å². The van der Waals surface area contributed by atoms with E-state index in [-0.39, 0.29) is 0 Å². The average Bonchev–Trinajstić information content (AvgIpc) is 2.90. The van der Waals surface area contributed by atoms with Crippen LogP contribution in [0.3, 0.4) is 0 Å². The molecule has 0 aliphatic heterocycles. The van der Waals surface area contributed by atoms with E-state index in [0.717, 1.165) is 25.3 Å². The summed E-state index contributed by atoms with van der Waals surface area (Å²) in [7, 11) is 0. The maximum atomic E-state index is 4.02. The fourth-order valence-electron chi connectivity index (χ4n) is 1.53. The third-order valence-electron chi connectivity index (χ3n) is 2.29. The van der Waals surface area contributed by atoms with Crippen LogP contribution in [0.2, 0.25) is 0 Å². The van der Waals surface area contributed by atoms with E-state index < -0.39 is 0 Å². The first kappa shape index (κ1) is 11.2. The first-order valence-electron chi connectivity index (χ1n) is 5.27. The van der Waals surface area contributed by atoms with Crippen LogP contribution in [0.15, 0.2) is 24.1 Å². The van der Waals surface area contributed by atoms with Crippen molar-refractivity contribution in [2.75, 3.05) is 6.54 Å². The van der Waals surface area contributed by atoms with E-state index in [1.54, 1.807) is 6.20 Å². The van der Waals surface area contributed by atoms with Gasteiger partial charge in [0, 0.05) is 30.9 Å². The Labute approximate surface area is 98.7 Å². The van der Waals surface area contributed by atoms with Crippen LogP contribution in [0.1, 0.15) is 12.6 Å². The van der Waals surface area contributed by atoms with Crippen LogP contribution < -0.4 is 5.32 Å². The quantitative estimate of drug-likeness (QED) is 0.819. The highest BCUT2D eigenvalue weighted by Crippen LogP contribution is 2.00. The lowest BCUT2D eigenvalue weighted by Gasteiger charge is -2.12. The highest BCUT2D eigenvalue weighted by atomic mass is 32.1. The van der Waals surface area contributed by atoms with E-state index in [2.05, 4.69) is 31.4 Å². The minimum atomic E-state index is 0.570. The van der Waals surface area contributed by atoms with Gasteiger partial charge in [-0.15, -0.1) is 5.10 Å². The number of nitrogens with one attached hydrogen (secondary N) is 1. The third kappa shape index (κ3) is 3.39. The molecule has 5 nitrogen and oxygen atoms in total. The average molecular weight is 237 g/mol. The second-order valence-electron chi connectivity index (χ2n) is 3.89. The lowest BCUT2D eigenvalue weighted by atomic mass is 10.2. The molecule has 2 heterocycles. The lowest BCUT2D eigenvalue weighted by molar-refractivity contribution is 0.443. The Morgan fingerprint density at radius 1 is 1.56 bits per heavy atom. The van der Waals surface area contributed by atoms with Crippen LogP contribution in [0.5, 0.6) is 0 Å². The second kappa shape index (κ2) is 5.72. The SMILES string of the molecule is CC(CNCc1csnn1)Cn1ccnc1. The van der Waals surface area contributed by atoms with Crippen molar-refractivity contribution in [2.24, 2.45) is 5.92 Å². The van der Waals surface area contributed by atoms with Crippen molar-refractivity contribution in [3.8, 4) is 0 Å². The van der Waals surface area contributed by atoms with Crippen molar-refractivity contribution < 1.29 is 0 Å². The van der Waals surface area contributed by atoms with Gasteiger partial charge in [0.15, 0.2) is 0 Å². The molecule has 1 unspecified atom stereocenters. The summed E-state index contributed by atoms with van der Waals surface area (Å²) in [6.07, 6.45) is 5.64. The van der Waals surface area contributed by atoms with Crippen molar-refractivity contribution in [3.63, 3.8) is 0 Å². The summed E-state index contributed by atoms with van der Waals surface area (Å²) in [6, 6.07) is 0. The van der Waals surface area contributed by atoms with Crippen molar-refractivity contribution in [3.05, 3.63) is 29.8 Å². The van der Waals surface area contributed by atoms with Crippen molar-refractivity contribution in [2.45, 2.75) is 20.0 Å². The molecule has 2 rings (SSSR count). The predicted molar refractivity (Wildman–Crippen MR) is 63.0 cm³/mol. The molecule has 2 aromatic heterocycles. The molecule has 0 aliphatic carbocycles. The third-order valence-corrected chi connectivity index (χ3v) is 2.84. The van der Waals surface area contributed by atoms with Crippen LogP contribution >= 0.6 is 11.5 Å². The summed E-state index contributed by atoms with van der Waals surface area (Å²) >= 11 is 1.39. The smallest absolute Gasteiger partial charge is 0.0946 e. The molecule has 1 N–H and O–H groups in total. The van der Waals surface area contributed by atoms with Crippen LogP contribution in [0.25, 0.3) is 0 Å². The molecule has 2 aromatic rings. The monoisotopic (exact) mass is 237 g/mol. The molecule has 0 aliphatic rings. The zero-order valence-corrected chi connectivity index (χ0v) is 10.0. The number of rotatable bonds is 6. The number of hydrogen-bond donors (Lipinski definition) is 1. The summed E-state index contributed by atoms with van der Waals surface area (Å²) < 4.78 is 5.91. The highest BCUT2D eigenvalue weighted by Gasteiger charge is 2.03. The van der Waals surface area contributed by atoms with Crippen molar-refractivity contribution >= 4 is 11.5 Å². The minimum absolute atomic E-state index is 0.570. The molecule has 0 bridgehead atoms. The first-order valence-corrected chi connectivity index (χ1v) is 6.10. The van der Waals surface area contributed by atoms with Gasteiger partial charge in [0.1, 0.15) is 0 Å². The molecule has 0 radical (unpaired) electrons.